The third-order valence-corrected chi connectivity index (χ3v) is 6.04. The molecule has 4 aromatic rings. The van der Waals surface area contributed by atoms with E-state index in [1.807, 2.05) is 72.8 Å². The van der Waals surface area contributed by atoms with Crippen LogP contribution in [0.5, 0.6) is 0 Å². The Kier molecular flexibility index (Phi) is 7.82. The quantitative estimate of drug-likeness (QED) is 0.271. The standard InChI is InChI=1S/C17H13FP.C5H5.Fe/c18-16-12-7-13-17(16)19(14-8-3-1-4-9-14)15-10-5-2-6-11-15;1-2-4-5-3-1;/h1-13H;1-5H;/q-1;-5;. The molecule has 4 aromatic carbocycles. The van der Waals surface area contributed by atoms with E-state index in [0.29, 0.717) is 0 Å². The van der Waals surface area contributed by atoms with E-state index in [2.05, 4.69) is 24.3 Å². The minimum absolute atomic E-state index is 0. The molecule has 0 spiro atoms. The van der Waals surface area contributed by atoms with E-state index in [-0.39, 0.29) is 22.9 Å². The molecule has 0 bridgehead atoms. The molecule has 25 heavy (non-hydrogen) atoms. The first-order valence-corrected chi connectivity index (χ1v) is 9.18. The van der Waals surface area contributed by atoms with Crippen LogP contribution in [-0.4, -0.2) is 0 Å². The summed E-state index contributed by atoms with van der Waals surface area (Å²) in [4.78, 5) is 0. The number of halogens is 1. The Morgan fingerprint density at radius 2 is 1.08 bits per heavy atom. The predicted molar refractivity (Wildman–Crippen MR) is 103 cm³/mol. The first-order chi connectivity index (χ1) is 11.9. The summed E-state index contributed by atoms with van der Waals surface area (Å²) in [5.74, 6) is -0.112. The maximum absolute atomic E-state index is 14.0. The van der Waals surface area contributed by atoms with Crippen molar-refractivity contribution < 1.29 is 21.5 Å². The number of benzene rings is 2. The zero-order valence-corrected chi connectivity index (χ0v) is 15.6. The topological polar surface area (TPSA) is 0 Å². The van der Waals surface area contributed by atoms with Gasteiger partial charge in [0, 0.05) is 22.9 Å². The van der Waals surface area contributed by atoms with Crippen LogP contribution >= 0.6 is 7.92 Å². The number of hydrogen-bond donors (Lipinski definition) is 0. The third-order valence-electron chi connectivity index (χ3n) is 3.57. The van der Waals surface area contributed by atoms with E-state index in [4.69, 9.17) is 0 Å². The van der Waals surface area contributed by atoms with Crippen LogP contribution < -0.4 is 15.9 Å². The van der Waals surface area contributed by atoms with Crippen molar-refractivity contribution in [3.05, 3.63) is 115 Å². The van der Waals surface area contributed by atoms with Crippen molar-refractivity contribution in [2.24, 2.45) is 0 Å². The fourth-order valence-electron chi connectivity index (χ4n) is 2.47. The molecule has 3 heteroatoms. The Labute approximate surface area is 160 Å². The first kappa shape index (κ1) is 19.3. The molecule has 4 rings (SSSR count). The number of hydrogen-bond acceptors (Lipinski definition) is 0. The van der Waals surface area contributed by atoms with Crippen LogP contribution in [0.2, 0.25) is 0 Å². The second kappa shape index (κ2) is 10.1. The van der Waals surface area contributed by atoms with Gasteiger partial charge in [0.25, 0.3) is 0 Å². The fraction of sp³-hybridized carbons (Fsp3) is 0. The molecule has 0 saturated carbocycles. The van der Waals surface area contributed by atoms with Crippen LogP contribution in [0.1, 0.15) is 0 Å². The fourth-order valence-corrected chi connectivity index (χ4v) is 4.79. The van der Waals surface area contributed by atoms with Gasteiger partial charge in [-0.1, -0.05) is 60.7 Å². The summed E-state index contributed by atoms with van der Waals surface area (Å²) in [6, 6.07) is 35.5. The molecule has 0 fully saturated rings. The Bertz CT molecular complexity index is 766. The van der Waals surface area contributed by atoms with Crippen LogP contribution in [0.3, 0.4) is 0 Å². The maximum atomic E-state index is 14.0. The van der Waals surface area contributed by atoms with E-state index in [9.17, 15) is 4.39 Å². The van der Waals surface area contributed by atoms with Gasteiger partial charge in [-0.25, -0.2) is 12.1 Å². The van der Waals surface area contributed by atoms with Crippen molar-refractivity contribution in [2.45, 2.75) is 0 Å². The molecule has 0 aliphatic carbocycles. The summed E-state index contributed by atoms with van der Waals surface area (Å²) in [7, 11) is -0.805. The Morgan fingerprint density at radius 3 is 1.44 bits per heavy atom. The van der Waals surface area contributed by atoms with Gasteiger partial charge in [-0.05, 0) is 18.5 Å². The van der Waals surface area contributed by atoms with Crippen molar-refractivity contribution in [3.63, 3.8) is 0 Å². The maximum Gasteiger partial charge on any atom is 0.0154 e. The largest absolute Gasteiger partial charge is 0.748 e. The summed E-state index contributed by atoms with van der Waals surface area (Å²) >= 11 is 0. The molecule has 132 valence electrons. The molecule has 0 radical (unpaired) electrons. The molecule has 0 unspecified atom stereocenters. The second-order valence-electron chi connectivity index (χ2n) is 5.23. The van der Waals surface area contributed by atoms with Gasteiger partial charge < -0.3 is 30.3 Å². The average molecular weight is 388 g/mol. The molecule has 0 nitrogen and oxygen atoms in total. The normalized spacial score (nSPS) is 9.84. The van der Waals surface area contributed by atoms with Gasteiger partial charge >= 0.3 is 0 Å². The molecule has 0 heterocycles. The zero-order valence-electron chi connectivity index (χ0n) is 13.6. The van der Waals surface area contributed by atoms with Crippen molar-refractivity contribution in [3.8, 4) is 0 Å². The minimum Gasteiger partial charge on any atom is -0.748 e. The van der Waals surface area contributed by atoms with Gasteiger partial charge in [-0.15, -0.1) is 11.4 Å². The molecule has 0 atom stereocenters. The van der Waals surface area contributed by atoms with Gasteiger partial charge in [0.1, 0.15) is 0 Å². The van der Waals surface area contributed by atoms with Crippen molar-refractivity contribution in [1.29, 1.82) is 0 Å². The first-order valence-electron chi connectivity index (χ1n) is 7.84. The summed E-state index contributed by atoms with van der Waals surface area (Å²) in [5.41, 5.74) is 0. The van der Waals surface area contributed by atoms with E-state index in [0.717, 1.165) is 5.30 Å². The smallest absolute Gasteiger partial charge is 0.0154 e. The van der Waals surface area contributed by atoms with Gasteiger partial charge in [0.15, 0.2) is 0 Å². The van der Waals surface area contributed by atoms with E-state index >= 15 is 0 Å². The summed E-state index contributed by atoms with van der Waals surface area (Å²) in [6.45, 7) is 0. The van der Waals surface area contributed by atoms with Gasteiger partial charge in [0.2, 0.25) is 0 Å². The summed E-state index contributed by atoms with van der Waals surface area (Å²) in [6.07, 6.45) is 0. The Morgan fingerprint density at radius 1 is 0.640 bits per heavy atom. The van der Waals surface area contributed by atoms with Crippen LogP contribution in [0.25, 0.3) is 0 Å². The van der Waals surface area contributed by atoms with Gasteiger partial charge in [-0.3, -0.25) is 4.39 Å². The molecular weight excluding hydrogens is 370 g/mol. The molecule has 0 aromatic heterocycles. The van der Waals surface area contributed by atoms with Crippen LogP contribution in [-0.2, 0) is 17.1 Å². The van der Waals surface area contributed by atoms with Gasteiger partial charge in [-0.2, -0.15) is 0 Å². The Balaban J connectivity index is 0.000000325. The summed E-state index contributed by atoms with van der Waals surface area (Å²) in [5, 5.41) is 3.15. The molecule has 0 aliphatic rings. The SMILES string of the molecule is F[c-]1cccc1P(c1ccccc1)c1ccccc1.[Fe].[cH-]1[cH-][cH-][cH-][cH-]1. The van der Waals surface area contributed by atoms with E-state index < -0.39 is 7.92 Å². The molecule has 0 saturated heterocycles. The molecule has 0 N–H and O–H groups in total. The molecule has 0 aliphatic heterocycles. The van der Waals surface area contributed by atoms with Crippen LogP contribution in [0.4, 0.5) is 4.39 Å². The number of rotatable bonds is 3. The van der Waals surface area contributed by atoms with E-state index in [1.54, 1.807) is 6.07 Å². The molecule has 0 amide bonds. The second-order valence-corrected chi connectivity index (χ2v) is 7.41. The monoisotopic (exact) mass is 388 g/mol. The van der Waals surface area contributed by atoms with Crippen LogP contribution in [0.15, 0.2) is 109 Å². The summed E-state index contributed by atoms with van der Waals surface area (Å²) < 4.78 is 14.0. The minimum atomic E-state index is -0.805. The van der Waals surface area contributed by atoms with Crippen LogP contribution in [0, 0.1) is 5.82 Å². The van der Waals surface area contributed by atoms with Crippen molar-refractivity contribution >= 4 is 23.8 Å². The molecular formula is C22H18FFeP-6. The average Bonchev–Trinajstić information content (AvgIpc) is 3.33. The predicted octanol–water partition coefficient (Wildman–Crippen LogP) is 4.71. The zero-order chi connectivity index (χ0) is 16.6. The van der Waals surface area contributed by atoms with Crippen molar-refractivity contribution in [2.75, 3.05) is 0 Å². The third kappa shape index (κ3) is 5.24. The Hall–Kier alpha value is -1.98. The van der Waals surface area contributed by atoms with Gasteiger partial charge in [0.05, 0.1) is 0 Å². The van der Waals surface area contributed by atoms with E-state index in [1.165, 1.54) is 16.7 Å². The van der Waals surface area contributed by atoms with Crippen molar-refractivity contribution in [1.82, 2.24) is 0 Å².